The fraction of sp³-hybridized carbons (Fsp3) is 0.333. The van der Waals surface area contributed by atoms with Crippen molar-refractivity contribution in [1.82, 2.24) is 0 Å². The number of rotatable bonds is 10. The molecule has 0 aliphatic heterocycles. The quantitative estimate of drug-likeness (QED) is 0.350. The minimum atomic E-state index is -4.10. The van der Waals surface area contributed by atoms with Gasteiger partial charge in [-0.2, -0.15) is 8.42 Å². The predicted octanol–water partition coefficient (Wildman–Crippen LogP) is 5.51. The second kappa shape index (κ2) is 9.78. The Bertz CT molecular complexity index is 914. The second-order valence-corrected chi connectivity index (χ2v) is 11.7. The summed E-state index contributed by atoms with van der Waals surface area (Å²) in [6.07, 6.45) is 0. The lowest BCUT2D eigenvalue weighted by molar-refractivity contribution is 0.296. The van der Waals surface area contributed by atoms with Crippen LogP contribution in [0.15, 0.2) is 53.4 Å². The van der Waals surface area contributed by atoms with Gasteiger partial charge >= 0.3 is 16.9 Å². The largest absolute Gasteiger partial charge is 0.440 e. The fourth-order valence-corrected chi connectivity index (χ4v) is 6.63. The van der Waals surface area contributed by atoms with Crippen molar-refractivity contribution >= 4 is 28.3 Å². The van der Waals surface area contributed by atoms with Crippen molar-refractivity contribution in [3.63, 3.8) is 0 Å². The summed E-state index contributed by atoms with van der Waals surface area (Å²) in [5.74, 6) is 0.677. The Morgan fingerprint density at radius 1 is 1.04 bits per heavy atom. The summed E-state index contributed by atoms with van der Waals surface area (Å²) in [7, 11) is -4.10. The van der Waals surface area contributed by atoms with Crippen LogP contribution in [0.1, 0.15) is 20.8 Å². The van der Waals surface area contributed by atoms with Crippen LogP contribution in [-0.4, -0.2) is 20.8 Å². The van der Waals surface area contributed by atoms with E-state index in [9.17, 15) is 17.4 Å². The number of hydrogen-bond donors (Lipinski definition) is 0. The second-order valence-electron chi connectivity index (χ2n) is 6.11. The van der Waals surface area contributed by atoms with Gasteiger partial charge in [-0.3, -0.25) is 4.52 Å². The Morgan fingerprint density at radius 3 is 2.14 bits per heavy atom. The third-order valence-electron chi connectivity index (χ3n) is 3.20. The van der Waals surface area contributed by atoms with Crippen LogP contribution in [0, 0.1) is 11.7 Å². The fourth-order valence-electron chi connectivity index (χ4n) is 1.95. The minimum Gasteiger partial charge on any atom is -0.417 e. The molecule has 10 heteroatoms. The van der Waals surface area contributed by atoms with E-state index in [0.29, 0.717) is 11.7 Å². The Labute approximate surface area is 168 Å². The first kappa shape index (κ1) is 22.7. The Kier molecular flexibility index (Phi) is 7.95. The third kappa shape index (κ3) is 6.81. The van der Waals surface area contributed by atoms with Gasteiger partial charge in [0.15, 0.2) is 0 Å². The average molecular weight is 448 g/mol. The van der Waals surface area contributed by atoms with Crippen LogP contribution in [0.2, 0.25) is 0 Å². The lowest BCUT2D eigenvalue weighted by Gasteiger charge is -2.18. The number of benzene rings is 2. The molecule has 0 heterocycles. The minimum absolute atomic E-state index is 0.0396. The molecule has 0 spiro atoms. The summed E-state index contributed by atoms with van der Waals surface area (Å²) in [6.45, 7) is 2.57. The molecule has 6 nitrogen and oxygen atoms in total. The molecule has 1 unspecified atom stereocenters. The number of hydrogen-bond acceptors (Lipinski definition) is 7. The SMILES string of the molecule is CCOP(=O)(Oc1ccc(OS(=O)(=O)c2ccc(F)cc2)cc1)SCC(C)C. The lowest BCUT2D eigenvalue weighted by atomic mass is 10.3. The zero-order valence-corrected chi connectivity index (χ0v) is 18.2. The van der Waals surface area contributed by atoms with E-state index < -0.39 is 22.7 Å². The van der Waals surface area contributed by atoms with Gasteiger partial charge in [0.25, 0.3) is 0 Å². The Morgan fingerprint density at radius 2 is 1.61 bits per heavy atom. The standard InChI is InChI=1S/C18H22FO6PS2/c1-4-23-26(20,27-13-14(2)3)24-16-7-9-17(10-8-16)25-28(21,22)18-11-5-15(19)6-12-18/h5-12,14H,4,13H2,1-3H3. The summed E-state index contributed by atoms with van der Waals surface area (Å²) < 4.78 is 66.0. The van der Waals surface area contributed by atoms with Gasteiger partial charge in [-0.05, 0) is 72.8 Å². The topological polar surface area (TPSA) is 78.9 Å². The van der Waals surface area contributed by atoms with E-state index >= 15 is 0 Å². The maximum Gasteiger partial charge on any atom is 0.440 e. The van der Waals surface area contributed by atoms with Gasteiger partial charge in [-0.1, -0.05) is 13.8 Å². The smallest absolute Gasteiger partial charge is 0.417 e. The summed E-state index contributed by atoms with van der Waals surface area (Å²) in [5.41, 5.74) is 0. The van der Waals surface area contributed by atoms with E-state index in [4.69, 9.17) is 13.2 Å². The molecule has 0 aromatic heterocycles. The highest BCUT2D eigenvalue weighted by Gasteiger charge is 2.27. The van der Waals surface area contributed by atoms with Crippen molar-refractivity contribution in [3.8, 4) is 11.5 Å². The molecule has 0 radical (unpaired) electrons. The number of halogens is 1. The first-order valence-corrected chi connectivity index (χ1v) is 13.1. The molecule has 154 valence electrons. The normalized spacial score (nSPS) is 13.9. The van der Waals surface area contributed by atoms with Gasteiger partial charge in [0.2, 0.25) is 0 Å². The van der Waals surface area contributed by atoms with Gasteiger partial charge in [0.05, 0.1) is 6.61 Å². The van der Waals surface area contributed by atoms with E-state index in [1.807, 2.05) is 13.8 Å². The molecule has 0 aliphatic carbocycles. The molecule has 0 saturated carbocycles. The Hall–Kier alpha value is -1.54. The van der Waals surface area contributed by atoms with Crippen molar-refractivity contribution in [3.05, 3.63) is 54.3 Å². The van der Waals surface area contributed by atoms with Crippen molar-refractivity contribution < 1.29 is 30.6 Å². The highest BCUT2D eigenvalue weighted by Crippen LogP contribution is 2.60. The van der Waals surface area contributed by atoms with Crippen molar-refractivity contribution in [2.75, 3.05) is 12.4 Å². The molecule has 1 atom stereocenters. The van der Waals surface area contributed by atoms with E-state index in [1.165, 1.54) is 24.3 Å². The van der Waals surface area contributed by atoms with Crippen molar-refractivity contribution in [1.29, 1.82) is 0 Å². The van der Waals surface area contributed by atoms with Crippen LogP contribution in [0.5, 0.6) is 11.5 Å². The summed E-state index contributed by atoms with van der Waals surface area (Å²) in [6, 6.07) is 9.94. The molecule has 0 amide bonds. The van der Waals surface area contributed by atoms with Crippen LogP contribution in [-0.2, 0) is 19.2 Å². The van der Waals surface area contributed by atoms with E-state index in [2.05, 4.69) is 0 Å². The van der Waals surface area contributed by atoms with Crippen molar-refractivity contribution in [2.45, 2.75) is 25.7 Å². The van der Waals surface area contributed by atoms with E-state index in [1.54, 1.807) is 6.92 Å². The molecule has 0 N–H and O–H groups in total. The maximum atomic E-state index is 13.0. The van der Waals surface area contributed by atoms with Crippen LogP contribution in [0.4, 0.5) is 4.39 Å². The van der Waals surface area contributed by atoms with Crippen LogP contribution in [0.25, 0.3) is 0 Å². The molecule has 0 saturated heterocycles. The van der Waals surface area contributed by atoms with E-state index in [0.717, 1.165) is 35.6 Å². The molecular weight excluding hydrogens is 426 g/mol. The van der Waals surface area contributed by atoms with Gasteiger partial charge in [-0.25, -0.2) is 8.96 Å². The summed E-state index contributed by atoms with van der Waals surface area (Å²) in [5, 5.41) is 0. The van der Waals surface area contributed by atoms with Crippen LogP contribution in [0.3, 0.4) is 0 Å². The maximum absolute atomic E-state index is 13.0. The van der Waals surface area contributed by atoms with Gasteiger partial charge in [-0.15, -0.1) is 0 Å². The highest BCUT2D eigenvalue weighted by atomic mass is 32.7. The summed E-state index contributed by atoms with van der Waals surface area (Å²) >= 11 is 1.12. The first-order valence-electron chi connectivity index (χ1n) is 8.52. The molecule has 0 aliphatic rings. The molecule has 28 heavy (non-hydrogen) atoms. The third-order valence-corrected chi connectivity index (χ3v) is 8.54. The monoisotopic (exact) mass is 448 g/mol. The molecule has 2 rings (SSSR count). The zero-order chi connectivity index (χ0) is 20.8. The molecular formula is C18H22FO6PS2. The highest BCUT2D eigenvalue weighted by molar-refractivity contribution is 8.55. The van der Waals surface area contributed by atoms with E-state index in [-0.39, 0.29) is 23.0 Å². The molecule has 2 aromatic carbocycles. The molecule has 0 bridgehead atoms. The zero-order valence-electron chi connectivity index (χ0n) is 15.7. The predicted molar refractivity (Wildman–Crippen MR) is 108 cm³/mol. The van der Waals surface area contributed by atoms with Crippen LogP contribution >= 0.6 is 18.2 Å². The average Bonchev–Trinajstić information content (AvgIpc) is 2.62. The molecule has 2 aromatic rings. The first-order chi connectivity index (χ1) is 13.1. The summed E-state index contributed by atoms with van der Waals surface area (Å²) in [4.78, 5) is -0.167. The van der Waals surface area contributed by atoms with Gasteiger partial charge in [0.1, 0.15) is 22.2 Å². The lowest BCUT2D eigenvalue weighted by Crippen LogP contribution is -2.09. The van der Waals surface area contributed by atoms with Crippen LogP contribution < -0.4 is 8.71 Å². The van der Waals surface area contributed by atoms with Gasteiger partial charge < -0.3 is 8.71 Å². The molecule has 0 fully saturated rings. The van der Waals surface area contributed by atoms with Crippen molar-refractivity contribution in [2.24, 2.45) is 5.92 Å². The van der Waals surface area contributed by atoms with Gasteiger partial charge in [0, 0.05) is 5.75 Å². The Balaban J connectivity index is 2.09.